The molecule has 1 aliphatic rings. The number of methoxy groups -OCH3 is 1. The number of aliphatic hydroxyl groups excluding tert-OH is 1. The van der Waals surface area contributed by atoms with Crippen LogP contribution in [-0.4, -0.2) is 36.8 Å². The molecule has 134 valence electrons. The minimum absolute atomic E-state index is 0. The van der Waals surface area contributed by atoms with Crippen LogP contribution in [0.4, 0.5) is 5.69 Å². The molecule has 1 aliphatic heterocycles. The molecular weight excluding hydrogens is 340 g/mol. The van der Waals surface area contributed by atoms with Crippen molar-refractivity contribution in [2.75, 3.05) is 19.0 Å². The number of halogens is 1. The number of benzene rings is 2. The molecule has 1 fully saturated rings. The van der Waals surface area contributed by atoms with Crippen LogP contribution in [0.25, 0.3) is 0 Å². The topological polar surface area (TPSA) is 70.6 Å². The Kier molecular flexibility index (Phi) is 6.82. The Morgan fingerprint density at radius 2 is 2.04 bits per heavy atom. The maximum Gasteiger partial charge on any atom is 0.241 e. The van der Waals surface area contributed by atoms with E-state index >= 15 is 0 Å². The molecule has 2 unspecified atom stereocenters. The van der Waals surface area contributed by atoms with E-state index in [0.717, 1.165) is 23.4 Å². The van der Waals surface area contributed by atoms with E-state index < -0.39 is 6.10 Å². The third kappa shape index (κ3) is 4.95. The van der Waals surface area contributed by atoms with Crippen molar-refractivity contribution in [1.29, 1.82) is 0 Å². The molecule has 6 heteroatoms. The fourth-order valence-corrected chi connectivity index (χ4v) is 2.96. The van der Waals surface area contributed by atoms with E-state index in [4.69, 9.17) is 4.74 Å². The highest BCUT2D eigenvalue weighted by molar-refractivity contribution is 5.95. The van der Waals surface area contributed by atoms with Crippen molar-refractivity contribution < 1.29 is 14.6 Å². The van der Waals surface area contributed by atoms with Crippen LogP contribution in [0.1, 0.15) is 17.5 Å². The minimum Gasteiger partial charge on any atom is -0.496 e. The zero-order valence-corrected chi connectivity index (χ0v) is 14.9. The van der Waals surface area contributed by atoms with Gasteiger partial charge in [-0.05, 0) is 30.2 Å². The molecule has 0 spiro atoms. The smallest absolute Gasteiger partial charge is 0.241 e. The Bertz CT molecular complexity index is 709. The van der Waals surface area contributed by atoms with Gasteiger partial charge in [-0.15, -0.1) is 12.4 Å². The van der Waals surface area contributed by atoms with Crippen LogP contribution in [0.15, 0.2) is 48.5 Å². The summed E-state index contributed by atoms with van der Waals surface area (Å²) in [5.41, 5.74) is 2.93. The normalized spacial score (nSPS) is 19.1. The van der Waals surface area contributed by atoms with Gasteiger partial charge >= 0.3 is 0 Å². The van der Waals surface area contributed by atoms with Gasteiger partial charge in [0.05, 0.1) is 19.3 Å². The van der Waals surface area contributed by atoms with Crippen molar-refractivity contribution in [2.24, 2.45) is 0 Å². The molecule has 1 saturated heterocycles. The largest absolute Gasteiger partial charge is 0.496 e. The summed E-state index contributed by atoms with van der Waals surface area (Å²) in [6, 6.07) is 15.4. The van der Waals surface area contributed by atoms with Crippen molar-refractivity contribution in [2.45, 2.75) is 25.0 Å². The first-order valence-electron chi connectivity index (χ1n) is 8.09. The van der Waals surface area contributed by atoms with Crippen molar-refractivity contribution >= 4 is 24.0 Å². The molecule has 3 rings (SSSR count). The number of amides is 1. The summed E-state index contributed by atoms with van der Waals surface area (Å²) in [4.78, 5) is 12.3. The van der Waals surface area contributed by atoms with Gasteiger partial charge in [-0.25, -0.2) is 0 Å². The molecule has 2 aromatic rings. The Labute approximate surface area is 153 Å². The van der Waals surface area contributed by atoms with Gasteiger partial charge in [0.1, 0.15) is 5.75 Å². The third-order valence-electron chi connectivity index (χ3n) is 4.21. The maximum absolute atomic E-state index is 12.3. The number of aliphatic hydroxyl groups is 1. The number of rotatable bonds is 5. The second kappa shape index (κ2) is 8.85. The van der Waals surface area contributed by atoms with E-state index in [1.165, 1.54) is 5.56 Å². The molecule has 5 nitrogen and oxygen atoms in total. The monoisotopic (exact) mass is 362 g/mol. The van der Waals surface area contributed by atoms with Crippen LogP contribution in [-0.2, 0) is 11.2 Å². The highest BCUT2D eigenvalue weighted by Gasteiger charge is 2.28. The number of nitrogens with one attached hydrogen (secondary N) is 2. The standard InChI is InChI=1S/C19H22N2O3.ClH/c1-24-18-8-7-15(21-19(23)17-11-16(22)12-20-17)10-14(18)9-13-5-3-2-4-6-13;/h2-8,10,16-17,20,22H,9,11-12H2,1H3,(H,21,23);1H. The first-order chi connectivity index (χ1) is 11.7. The second-order valence-electron chi connectivity index (χ2n) is 6.03. The first-order valence-corrected chi connectivity index (χ1v) is 8.09. The van der Waals surface area contributed by atoms with Crippen molar-refractivity contribution in [1.82, 2.24) is 5.32 Å². The summed E-state index contributed by atoms with van der Waals surface area (Å²) >= 11 is 0. The minimum atomic E-state index is -0.453. The molecule has 0 radical (unpaired) electrons. The zero-order chi connectivity index (χ0) is 16.9. The van der Waals surface area contributed by atoms with Gasteiger partial charge in [0.2, 0.25) is 5.91 Å². The van der Waals surface area contributed by atoms with E-state index in [9.17, 15) is 9.90 Å². The lowest BCUT2D eigenvalue weighted by Crippen LogP contribution is -2.35. The Hall–Kier alpha value is -2.08. The number of carbonyl (C=O) groups is 1. The Morgan fingerprint density at radius 3 is 2.68 bits per heavy atom. The first kappa shape index (κ1) is 19.2. The Morgan fingerprint density at radius 1 is 1.28 bits per heavy atom. The molecule has 1 heterocycles. The molecular formula is C19H23ClN2O3. The van der Waals surface area contributed by atoms with Gasteiger partial charge in [-0.1, -0.05) is 30.3 Å². The Balaban J connectivity index is 0.00000225. The lowest BCUT2D eigenvalue weighted by Gasteiger charge is -2.14. The van der Waals surface area contributed by atoms with Gasteiger partial charge in [-0.3, -0.25) is 4.79 Å². The summed E-state index contributed by atoms with van der Waals surface area (Å²) in [7, 11) is 1.64. The highest BCUT2D eigenvalue weighted by Crippen LogP contribution is 2.25. The van der Waals surface area contributed by atoms with Crippen LogP contribution in [0.2, 0.25) is 0 Å². The molecule has 1 amide bonds. The lowest BCUT2D eigenvalue weighted by molar-refractivity contribution is -0.117. The van der Waals surface area contributed by atoms with E-state index in [1.807, 2.05) is 36.4 Å². The predicted molar refractivity (Wildman–Crippen MR) is 101 cm³/mol. The summed E-state index contributed by atoms with van der Waals surface area (Å²) < 4.78 is 5.43. The molecule has 0 saturated carbocycles. The van der Waals surface area contributed by atoms with Crippen LogP contribution < -0.4 is 15.4 Å². The van der Waals surface area contributed by atoms with Crippen molar-refractivity contribution in [3.05, 3.63) is 59.7 Å². The van der Waals surface area contributed by atoms with E-state index in [-0.39, 0.29) is 24.4 Å². The number of ether oxygens (including phenoxy) is 1. The number of hydrogen-bond donors (Lipinski definition) is 3. The third-order valence-corrected chi connectivity index (χ3v) is 4.21. The van der Waals surface area contributed by atoms with Crippen LogP contribution >= 0.6 is 12.4 Å². The summed E-state index contributed by atoms with van der Waals surface area (Å²) in [6.45, 7) is 0.458. The fourth-order valence-electron chi connectivity index (χ4n) is 2.96. The summed E-state index contributed by atoms with van der Waals surface area (Å²) in [5, 5.41) is 15.5. The fraction of sp³-hybridized carbons (Fsp3) is 0.316. The van der Waals surface area contributed by atoms with E-state index in [0.29, 0.717) is 13.0 Å². The van der Waals surface area contributed by atoms with Crippen LogP contribution in [0, 0.1) is 0 Å². The van der Waals surface area contributed by atoms with Gasteiger partial charge in [0, 0.05) is 24.2 Å². The van der Waals surface area contributed by atoms with Gasteiger partial charge in [-0.2, -0.15) is 0 Å². The van der Waals surface area contributed by atoms with Crippen LogP contribution in [0.5, 0.6) is 5.75 Å². The molecule has 0 aliphatic carbocycles. The summed E-state index contributed by atoms with van der Waals surface area (Å²) in [5.74, 6) is 0.675. The quantitative estimate of drug-likeness (QED) is 0.763. The average molecular weight is 363 g/mol. The predicted octanol–water partition coefficient (Wildman–Crippen LogP) is 2.37. The maximum atomic E-state index is 12.3. The molecule has 2 atom stereocenters. The van der Waals surface area contributed by atoms with Crippen LogP contribution in [0.3, 0.4) is 0 Å². The summed E-state index contributed by atoms with van der Waals surface area (Å²) in [6.07, 6.45) is 0.720. The lowest BCUT2D eigenvalue weighted by atomic mass is 10.0. The van der Waals surface area contributed by atoms with Gasteiger partial charge in [0.25, 0.3) is 0 Å². The van der Waals surface area contributed by atoms with Crippen molar-refractivity contribution in [3.63, 3.8) is 0 Å². The number of carbonyl (C=O) groups excluding carboxylic acids is 1. The second-order valence-corrected chi connectivity index (χ2v) is 6.03. The van der Waals surface area contributed by atoms with Crippen molar-refractivity contribution in [3.8, 4) is 5.75 Å². The van der Waals surface area contributed by atoms with E-state index in [2.05, 4.69) is 22.8 Å². The molecule has 0 bridgehead atoms. The zero-order valence-electron chi connectivity index (χ0n) is 14.1. The van der Waals surface area contributed by atoms with Gasteiger partial charge in [0.15, 0.2) is 0 Å². The number of β-amino-alcohol motifs (C(OH)–C–C–N with tert-alkyl or cyclic N) is 1. The highest BCUT2D eigenvalue weighted by atomic mass is 35.5. The molecule has 3 N–H and O–H groups in total. The molecule has 0 aromatic heterocycles. The van der Waals surface area contributed by atoms with E-state index in [1.54, 1.807) is 7.11 Å². The molecule has 2 aromatic carbocycles. The number of hydrogen-bond acceptors (Lipinski definition) is 4. The number of anilines is 1. The molecule has 25 heavy (non-hydrogen) atoms. The average Bonchev–Trinajstić information content (AvgIpc) is 3.03. The van der Waals surface area contributed by atoms with Gasteiger partial charge < -0.3 is 20.5 Å². The SMILES string of the molecule is COc1ccc(NC(=O)C2CC(O)CN2)cc1Cc1ccccc1.Cl.